The zero-order valence-electron chi connectivity index (χ0n) is 5.79. The van der Waals surface area contributed by atoms with E-state index in [4.69, 9.17) is 0 Å². The number of halogens is 1. The quantitative estimate of drug-likeness (QED) is 0.577. The molecule has 0 spiro atoms. The number of thiophene rings is 1. The molecule has 1 heterocycles. The van der Waals surface area contributed by atoms with E-state index < -0.39 is 0 Å². The van der Waals surface area contributed by atoms with Crippen LogP contribution < -0.4 is 0 Å². The van der Waals surface area contributed by atoms with Gasteiger partial charge in [0.25, 0.3) is 0 Å². The van der Waals surface area contributed by atoms with E-state index in [0.29, 0.717) is 0 Å². The molecule has 0 saturated carbocycles. The third-order valence-corrected chi connectivity index (χ3v) is 2.39. The number of allylic oxidation sites excluding steroid dienone is 1. The van der Waals surface area contributed by atoms with Crippen LogP contribution in [0.4, 0.5) is 0 Å². The second kappa shape index (κ2) is 4.46. The van der Waals surface area contributed by atoms with Crippen molar-refractivity contribution in [3.63, 3.8) is 0 Å². The molecule has 58 valence electrons. The number of hydrogen-bond acceptors (Lipinski definition) is 2. The summed E-state index contributed by atoms with van der Waals surface area (Å²) in [6.07, 6.45) is 4.79. The smallest absolute Gasteiger partial charge is 0.151 e. The fourth-order valence-electron chi connectivity index (χ4n) is 0.720. The van der Waals surface area contributed by atoms with Crippen LogP contribution in [0.2, 0.25) is 0 Å². The Morgan fingerprint density at radius 2 is 2.18 bits per heavy atom. The van der Waals surface area contributed by atoms with Gasteiger partial charge < -0.3 is 0 Å². The lowest BCUT2D eigenvalue weighted by atomic mass is 10.2. The molecule has 0 saturated heterocycles. The van der Waals surface area contributed by atoms with Gasteiger partial charge in [-0.2, -0.15) is 11.3 Å². The van der Waals surface area contributed by atoms with Crippen molar-refractivity contribution in [2.45, 2.75) is 0 Å². The molecule has 0 aromatic carbocycles. The highest BCUT2D eigenvalue weighted by atomic mass is 79.9. The number of carbonyl (C=O) groups excluding carboxylic acids is 1. The van der Waals surface area contributed by atoms with Gasteiger partial charge in [-0.1, -0.05) is 28.1 Å². The van der Waals surface area contributed by atoms with Crippen molar-refractivity contribution in [2.24, 2.45) is 0 Å². The molecule has 0 aliphatic carbocycles. The van der Waals surface area contributed by atoms with Crippen LogP contribution in [-0.4, -0.2) is 11.6 Å². The van der Waals surface area contributed by atoms with Crippen LogP contribution in [0, 0.1) is 0 Å². The molecule has 1 nitrogen and oxygen atoms in total. The molecule has 0 atom stereocenters. The SMILES string of the molecule is O=Cc1cscc1C=CCBr. The topological polar surface area (TPSA) is 17.1 Å². The summed E-state index contributed by atoms with van der Waals surface area (Å²) >= 11 is 4.81. The fourth-order valence-corrected chi connectivity index (χ4v) is 1.67. The molecule has 0 fully saturated rings. The average molecular weight is 231 g/mol. The molecule has 0 unspecified atom stereocenters. The van der Waals surface area contributed by atoms with Crippen molar-refractivity contribution < 1.29 is 4.79 Å². The minimum absolute atomic E-state index is 0.771. The Labute approximate surface area is 77.9 Å². The predicted molar refractivity (Wildman–Crippen MR) is 52.5 cm³/mol. The normalized spacial score (nSPS) is 10.6. The van der Waals surface area contributed by atoms with Crippen LogP contribution >= 0.6 is 27.3 Å². The molecule has 0 aliphatic rings. The summed E-state index contributed by atoms with van der Waals surface area (Å²) in [5, 5.41) is 4.63. The highest BCUT2D eigenvalue weighted by molar-refractivity contribution is 9.09. The van der Waals surface area contributed by atoms with E-state index in [1.165, 1.54) is 0 Å². The van der Waals surface area contributed by atoms with E-state index in [2.05, 4.69) is 15.9 Å². The highest BCUT2D eigenvalue weighted by Gasteiger charge is 1.96. The van der Waals surface area contributed by atoms with Crippen molar-refractivity contribution in [3.8, 4) is 0 Å². The average Bonchev–Trinajstić information content (AvgIpc) is 2.47. The second-order valence-corrected chi connectivity index (χ2v) is 3.35. The Morgan fingerprint density at radius 3 is 2.82 bits per heavy atom. The third kappa shape index (κ3) is 2.27. The van der Waals surface area contributed by atoms with E-state index in [0.717, 1.165) is 22.7 Å². The molecule has 0 aliphatic heterocycles. The van der Waals surface area contributed by atoms with Gasteiger partial charge in [-0.25, -0.2) is 0 Å². The lowest BCUT2D eigenvalue weighted by Crippen LogP contribution is -1.76. The summed E-state index contributed by atoms with van der Waals surface area (Å²) in [4.78, 5) is 10.4. The van der Waals surface area contributed by atoms with E-state index in [9.17, 15) is 4.79 Å². The monoisotopic (exact) mass is 230 g/mol. The summed E-state index contributed by atoms with van der Waals surface area (Å²) in [7, 11) is 0. The number of alkyl halides is 1. The zero-order valence-corrected chi connectivity index (χ0v) is 8.19. The summed E-state index contributed by atoms with van der Waals surface area (Å²) in [6.45, 7) is 0. The largest absolute Gasteiger partial charge is 0.298 e. The Kier molecular flexibility index (Phi) is 3.52. The molecular formula is C8H7BrOS. The molecular weight excluding hydrogens is 224 g/mol. The Hall–Kier alpha value is -0.410. The summed E-state index contributed by atoms with van der Waals surface area (Å²) in [5.41, 5.74) is 1.77. The molecule has 0 radical (unpaired) electrons. The van der Waals surface area contributed by atoms with Crippen molar-refractivity contribution in [2.75, 3.05) is 5.33 Å². The Bertz CT molecular complexity index is 265. The van der Waals surface area contributed by atoms with E-state index >= 15 is 0 Å². The van der Waals surface area contributed by atoms with Gasteiger partial charge in [0.15, 0.2) is 6.29 Å². The van der Waals surface area contributed by atoms with E-state index in [1.54, 1.807) is 11.3 Å². The van der Waals surface area contributed by atoms with Crippen LogP contribution in [0.25, 0.3) is 6.08 Å². The van der Waals surface area contributed by atoms with Crippen LogP contribution in [0.5, 0.6) is 0 Å². The summed E-state index contributed by atoms with van der Waals surface area (Å²) in [5.74, 6) is 0. The Morgan fingerprint density at radius 1 is 1.45 bits per heavy atom. The molecule has 3 heteroatoms. The maximum Gasteiger partial charge on any atom is 0.151 e. The number of carbonyl (C=O) groups is 1. The van der Waals surface area contributed by atoms with Crippen molar-refractivity contribution >= 4 is 39.6 Å². The third-order valence-electron chi connectivity index (χ3n) is 1.24. The van der Waals surface area contributed by atoms with Crippen LogP contribution in [-0.2, 0) is 0 Å². The maximum absolute atomic E-state index is 10.4. The minimum atomic E-state index is 0.771. The van der Waals surface area contributed by atoms with Crippen molar-refractivity contribution in [1.29, 1.82) is 0 Å². The first-order valence-electron chi connectivity index (χ1n) is 3.12. The van der Waals surface area contributed by atoms with Crippen molar-refractivity contribution in [3.05, 3.63) is 28.0 Å². The maximum atomic E-state index is 10.4. The van der Waals surface area contributed by atoms with Crippen LogP contribution in [0.3, 0.4) is 0 Å². The second-order valence-electron chi connectivity index (χ2n) is 1.96. The molecule has 1 aromatic heterocycles. The van der Waals surface area contributed by atoms with Gasteiger partial charge in [-0.05, 0) is 10.9 Å². The van der Waals surface area contributed by atoms with Gasteiger partial charge in [0.2, 0.25) is 0 Å². The predicted octanol–water partition coefficient (Wildman–Crippen LogP) is 2.97. The molecule has 0 amide bonds. The van der Waals surface area contributed by atoms with E-state index in [1.807, 2.05) is 22.9 Å². The summed E-state index contributed by atoms with van der Waals surface area (Å²) < 4.78 is 0. The lowest BCUT2D eigenvalue weighted by Gasteiger charge is -1.85. The van der Waals surface area contributed by atoms with Gasteiger partial charge in [-0.15, -0.1) is 0 Å². The van der Waals surface area contributed by atoms with Crippen molar-refractivity contribution in [1.82, 2.24) is 0 Å². The molecule has 0 N–H and O–H groups in total. The van der Waals surface area contributed by atoms with Gasteiger partial charge in [0.1, 0.15) is 0 Å². The van der Waals surface area contributed by atoms with Gasteiger partial charge in [0, 0.05) is 16.3 Å². The van der Waals surface area contributed by atoms with E-state index in [-0.39, 0.29) is 0 Å². The highest BCUT2D eigenvalue weighted by Crippen LogP contribution is 2.14. The first-order chi connectivity index (χ1) is 5.38. The van der Waals surface area contributed by atoms with Gasteiger partial charge in [-0.3, -0.25) is 4.79 Å². The standard InChI is InChI=1S/C8H7BrOS/c9-3-1-2-7-5-11-6-8(7)4-10/h1-2,4-6H,3H2. The molecule has 1 aromatic rings. The Balaban J connectivity index is 2.84. The number of aldehydes is 1. The molecule has 1 rings (SSSR count). The first kappa shape index (κ1) is 8.68. The zero-order chi connectivity index (χ0) is 8.10. The van der Waals surface area contributed by atoms with Gasteiger partial charge in [0.05, 0.1) is 0 Å². The first-order valence-corrected chi connectivity index (χ1v) is 5.18. The molecule has 0 bridgehead atoms. The number of hydrogen-bond donors (Lipinski definition) is 0. The summed E-state index contributed by atoms with van der Waals surface area (Å²) in [6, 6.07) is 0. The van der Waals surface area contributed by atoms with Crippen LogP contribution in [0.15, 0.2) is 16.8 Å². The van der Waals surface area contributed by atoms with Gasteiger partial charge >= 0.3 is 0 Å². The lowest BCUT2D eigenvalue weighted by molar-refractivity contribution is 0.112. The fraction of sp³-hybridized carbons (Fsp3) is 0.125. The van der Waals surface area contributed by atoms with Crippen LogP contribution in [0.1, 0.15) is 15.9 Å². The number of rotatable bonds is 3. The minimum Gasteiger partial charge on any atom is -0.298 e. The molecule has 11 heavy (non-hydrogen) atoms.